The van der Waals surface area contributed by atoms with Gasteiger partial charge in [0, 0.05) is 23.2 Å². The van der Waals surface area contributed by atoms with Crippen LogP contribution in [0.5, 0.6) is 5.75 Å². The number of hydrogen-bond acceptors (Lipinski definition) is 5. The zero-order valence-corrected chi connectivity index (χ0v) is 15.3. The molecule has 0 radical (unpaired) electrons. The molecule has 0 aliphatic heterocycles. The second-order valence-corrected chi connectivity index (χ2v) is 6.18. The zero-order valence-electron chi connectivity index (χ0n) is 15.3. The quantitative estimate of drug-likeness (QED) is 0.546. The van der Waals surface area contributed by atoms with Crippen LogP contribution in [0.25, 0.3) is 10.9 Å². The molecule has 1 N–H and O–H groups in total. The van der Waals surface area contributed by atoms with E-state index in [2.05, 4.69) is 10.3 Å². The monoisotopic (exact) mass is 365 g/mol. The number of para-hydroxylation sites is 1. The number of aryl methyl sites for hydroxylation is 2. The Kier molecular flexibility index (Phi) is 5.03. The minimum atomic E-state index is -0.517. The number of fused-ring (bicyclic) bond motifs is 1. The minimum absolute atomic E-state index is 0.112. The van der Waals surface area contributed by atoms with Gasteiger partial charge in [-0.05, 0) is 37.1 Å². The fourth-order valence-corrected chi connectivity index (χ4v) is 3.09. The highest BCUT2D eigenvalue weighted by atomic mass is 16.6. The molecule has 0 spiro atoms. The van der Waals surface area contributed by atoms with Crippen molar-refractivity contribution in [3.8, 4) is 5.75 Å². The fraction of sp³-hybridized carbons (Fsp3) is 0.200. The summed E-state index contributed by atoms with van der Waals surface area (Å²) in [5.41, 5.74) is 3.66. The van der Waals surface area contributed by atoms with Crippen molar-refractivity contribution < 1.29 is 14.5 Å². The molecule has 0 fully saturated rings. The predicted molar refractivity (Wildman–Crippen MR) is 103 cm³/mol. The van der Waals surface area contributed by atoms with Crippen LogP contribution in [0.2, 0.25) is 0 Å². The molecule has 0 atom stereocenters. The lowest BCUT2D eigenvalue weighted by Gasteiger charge is -2.14. The maximum absolute atomic E-state index is 12.6. The van der Waals surface area contributed by atoms with Gasteiger partial charge in [-0.15, -0.1) is 0 Å². The van der Waals surface area contributed by atoms with Crippen molar-refractivity contribution in [3.63, 3.8) is 0 Å². The Morgan fingerprint density at radius 3 is 2.67 bits per heavy atom. The average Bonchev–Trinajstić information content (AvgIpc) is 2.65. The summed E-state index contributed by atoms with van der Waals surface area (Å²) in [6.45, 7) is 3.84. The normalized spacial score (nSPS) is 10.6. The number of nitrogens with zero attached hydrogens (tertiary/aromatic N) is 2. The van der Waals surface area contributed by atoms with E-state index >= 15 is 0 Å². The highest BCUT2D eigenvalue weighted by Crippen LogP contribution is 2.29. The van der Waals surface area contributed by atoms with Gasteiger partial charge in [-0.1, -0.05) is 18.2 Å². The molecule has 3 rings (SSSR count). The van der Waals surface area contributed by atoms with Gasteiger partial charge in [0.15, 0.2) is 0 Å². The Balaban J connectivity index is 1.90. The van der Waals surface area contributed by atoms with E-state index in [0.29, 0.717) is 5.75 Å². The van der Waals surface area contributed by atoms with Crippen molar-refractivity contribution in [2.24, 2.45) is 0 Å². The highest BCUT2D eigenvalue weighted by Gasteiger charge is 2.16. The van der Waals surface area contributed by atoms with E-state index in [4.69, 9.17) is 4.74 Å². The maximum atomic E-state index is 12.6. The van der Waals surface area contributed by atoms with Crippen molar-refractivity contribution in [3.05, 3.63) is 69.4 Å². The van der Waals surface area contributed by atoms with Gasteiger partial charge >= 0.3 is 0 Å². The molecule has 1 aromatic heterocycles. The number of benzene rings is 2. The molecule has 3 aromatic rings. The summed E-state index contributed by atoms with van der Waals surface area (Å²) in [4.78, 5) is 27.7. The predicted octanol–water partition coefficient (Wildman–Crippen LogP) is 3.95. The number of aromatic nitrogens is 1. The van der Waals surface area contributed by atoms with Crippen LogP contribution in [-0.4, -0.2) is 22.9 Å². The topological polar surface area (TPSA) is 94.4 Å². The first-order valence-electron chi connectivity index (χ1n) is 8.37. The number of carbonyl (C=O) groups excluding carboxylic acids is 1. The number of anilines is 1. The Labute approximate surface area is 156 Å². The van der Waals surface area contributed by atoms with Crippen LogP contribution in [0.1, 0.15) is 16.8 Å². The Morgan fingerprint density at radius 1 is 1.22 bits per heavy atom. The molecule has 0 saturated carbocycles. The van der Waals surface area contributed by atoms with Crippen molar-refractivity contribution in [2.75, 3.05) is 12.4 Å². The van der Waals surface area contributed by atoms with Crippen LogP contribution in [0, 0.1) is 24.0 Å². The van der Waals surface area contributed by atoms with E-state index in [0.717, 1.165) is 27.7 Å². The lowest BCUT2D eigenvalue weighted by molar-refractivity contribution is -0.384. The summed E-state index contributed by atoms with van der Waals surface area (Å²) < 4.78 is 5.19. The molecular formula is C20H19N3O4. The van der Waals surface area contributed by atoms with Gasteiger partial charge < -0.3 is 10.1 Å². The van der Waals surface area contributed by atoms with Crippen LogP contribution in [0.15, 0.2) is 42.5 Å². The average molecular weight is 365 g/mol. The standard InChI is InChI=1S/C20H19N3O4/c1-12-15-6-4-5-7-17(15)21-13(2)16(12)11-20(24)22-18-10-14(23(25)26)8-9-19(18)27-3/h4-10H,11H2,1-3H3,(H,22,24). The van der Waals surface area contributed by atoms with Crippen LogP contribution in [0.3, 0.4) is 0 Å². The first kappa shape index (κ1) is 18.3. The lowest BCUT2D eigenvalue weighted by atomic mass is 9.99. The van der Waals surface area contributed by atoms with Crippen LogP contribution in [0.4, 0.5) is 11.4 Å². The van der Waals surface area contributed by atoms with E-state index < -0.39 is 4.92 Å². The summed E-state index contributed by atoms with van der Waals surface area (Å²) in [7, 11) is 1.44. The summed E-state index contributed by atoms with van der Waals surface area (Å²) in [6, 6.07) is 11.8. The Bertz CT molecular complexity index is 1050. The van der Waals surface area contributed by atoms with Crippen LogP contribution < -0.4 is 10.1 Å². The summed E-state index contributed by atoms with van der Waals surface area (Å²) >= 11 is 0. The largest absolute Gasteiger partial charge is 0.495 e. The third-order valence-corrected chi connectivity index (χ3v) is 4.49. The second kappa shape index (κ2) is 7.41. The van der Waals surface area contributed by atoms with E-state index in [1.165, 1.54) is 25.3 Å². The molecule has 0 unspecified atom stereocenters. The van der Waals surface area contributed by atoms with Gasteiger partial charge in [-0.25, -0.2) is 0 Å². The van der Waals surface area contributed by atoms with Gasteiger partial charge in [0.2, 0.25) is 5.91 Å². The third kappa shape index (κ3) is 3.72. The van der Waals surface area contributed by atoms with Crippen molar-refractivity contribution in [2.45, 2.75) is 20.3 Å². The molecule has 7 nitrogen and oxygen atoms in total. The van der Waals surface area contributed by atoms with Gasteiger partial charge in [-0.3, -0.25) is 19.9 Å². The molecule has 0 aliphatic rings. The maximum Gasteiger partial charge on any atom is 0.271 e. The number of rotatable bonds is 5. The summed E-state index contributed by atoms with van der Waals surface area (Å²) in [6.07, 6.45) is 0.112. The second-order valence-electron chi connectivity index (χ2n) is 6.18. The minimum Gasteiger partial charge on any atom is -0.495 e. The van der Waals surface area contributed by atoms with Crippen molar-refractivity contribution in [1.82, 2.24) is 4.98 Å². The molecule has 138 valence electrons. The molecule has 0 bridgehead atoms. The fourth-order valence-electron chi connectivity index (χ4n) is 3.09. The van der Waals surface area contributed by atoms with Crippen LogP contribution >= 0.6 is 0 Å². The number of carbonyl (C=O) groups is 1. The number of amides is 1. The van der Waals surface area contributed by atoms with Gasteiger partial charge in [0.25, 0.3) is 5.69 Å². The molecule has 1 amide bonds. The number of methoxy groups -OCH3 is 1. The first-order valence-corrected chi connectivity index (χ1v) is 8.37. The zero-order chi connectivity index (χ0) is 19.6. The number of ether oxygens (including phenoxy) is 1. The first-order chi connectivity index (χ1) is 12.9. The molecule has 2 aromatic carbocycles. The number of non-ortho nitro benzene ring substituents is 1. The number of nitro groups is 1. The molecule has 0 saturated heterocycles. The van der Waals surface area contributed by atoms with E-state index in [-0.39, 0.29) is 23.7 Å². The molecule has 27 heavy (non-hydrogen) atoms. The highest BCUT2D eigenvalue weighted by molar-refractivity contribution is 5.95. The SMILES string of the molecule is COc1ccc([N+](=O)[O-])cc1NC(=O)Cc1c(C)nc2ccccc2c1C. The summed E-state index contributed by atoms with van der Waals surface area (Å²) in [5, 5.41) is 14.7. The molecule has 1 heterocycles. The Morgan fingerprint density at radius 2 is 1.96 bits per heavy atom. The van der Waals surface area contributed by atoms with E-state index in [1.807, 2.05) is 38.1 Å². The number of nitrogens with one attached hydrogen (secondary N) is 1. The number of hydrogen-bond donors (Lipinski definition) is 1. The van der Waals surface area contributed by atoms with Crippen molar-refractivity contribution >= 4 is 28.2 Å². The molecule has 7 heteroatoms. The van der Waals surface area contributed by atoms with Crippen LogP contribution in [-0.2, 0) is 11.2 Å². The summed E-state index contributed by atoms with van der Waals surface area (Å²) in [5.74, 6) is 0.0658. The van der Waals surface area contributed by atoms with E-state index in [1.54, 1.807) is 0 Å². The smallest absolute Gasteiger partial charge is 0.271 e. The molecular weight excluding hydrogens is 346 g/mol. The lowest BCUT2D eigenvalue weighted by Crippen LogP contribution is -2.17. The van der Waals surface area contributed by atoms with Gasteiger partial charge in [-0.2, -0.15) is 0 Å². The number of nitro benzene ring substituents is 1. The number of pyridine rings is 1. The Hall–Kier alpha value is -3.48. The third-order valence-electron chi connectivity index (χ3n) is 4.49. The van der Waals surface area contributed by atoms with Gasteiger partial charge in [0.05, 0.1) is 29.7 Å². The molecule has 0 aliphatic carbocycles. The van der Waals surface area contributed by atoms with E-state index in [9.17, 15) is 14.9 Å². The van der Waals surface area contributed by atoms with Crippen molar-refractivity contribution in [1.29, 1.82) is 0 Å². The van der Waals surface area contributed by atoms with Gasteiger partial charge in [0.1, 0.15) is 5.75 Å².